The summed E-state index contributed by atoms with van der Waals surface area (Å²) in [6, 6.07) is 5.44. The van der Waals surface area contributed by atoms with Gasteiger partial charge in [-0.1, -0.05) is 19.8 Å². The molecule has 3 aromatic rings. The number of rotatable bonds is 4. The Balaban J connectivity index is 1.96. The first-order valence-electron chi connectivity index (χ1n) is 8.32. The molecule has 2 heterocycles. The van der Waals surface area contributed by atoms with Gasteiger partial charge in [0.25, 0.3) is 0 Å². The fourth-order valence-electron chi connectivity index (χ4n) is 2.88. The van der Waals surface area contributed by atoms with Crippen molar-refractivity contribution >= 4 is 21.1 Å². The molecule has 0 bridgehead atoms. The Kier molecular flexibility index (Phi) is 3.76. The van der Waals surface area contributed by atoms with Crippen molar-refractivity contribution in [3.63, 3.8) is 0 Å². The summed E-state index contributed by atoms with van der Waals surface area (Å²) in [5, 5.41) is 7.92. The molecule has 2 aromatic heterocycles. The first-order valence-corrected chi connectivity index (χ1v) is 9.76. The number of fused-ring (bicyclic) bond motifs is 1. The van der Waals surface area contributed by atoms with E-state index in [9.17, 15) is 17.6 Å². The summed E-state index contributed by atoms with van der Waals surface area (Å²) in [7, 11) is -2.72. The first kappa shape index (κ1) is 17.8. The van der Waals surface area contributed by atoms with Gasteiger partial charge in [-0.05, 0) is 25.1 Å². The lowest BCUT2D eigenvalue weighted by Gasteiger charge is -2.27. The molecule has 0 radical (unpaired) electrons. The Morgan fingerprint density at radius 1 is 1.19 bits per heavy atom. The van der Waals surface area contributed by atoms with Crippen LogP contribution in [0.2, 0.25) is 0 Å². The van der Waals surface area contributed by atoms with E-state index in [-0.39, 0.29) is 16.9 Å². The number of sulfonamides is 1. The average molecular weight is 390 g/mol. The molecule has 0 atom stereocenters. The second-order valence-electron chi connectivity index (χ2n) is 7.04. The lowest BCUT2D eigenvalue weighted by Crippen LogP contribution is -2.21. The number of benzene rings is 1. The van der Waals surface area contributed by atoms with E-state index >= 15 is 0 Å². The van der Waals surface area contributed by atoms with Gasteiger partial charge in [0.2, 0.25) is 0 Å². The zero-order chi connectivity index (χ0) is 19.6. The molecule has 1 aliphatic carbocycles. The highest BCUT2D eigenvalue weighted by Crippen LogP contribution is 2.46. The van der Waals surface area contributed by atoms with Gasteiger partial charge in [-0.2, -0.15) is 5.10 Å². The van der Waals surface area contributed by atoms with Crippen LogP contribution in [0.3, 0.4) is 0 Å². The summed E-state index contributed by atoms with van der Waals surface area (Å²) in [6.07, 6.45) is 1.29. The number of halogens is 1. The standard InChI is InChI=1S/C17H17FN5O3S/c1-10-4-5-15(20-19-10)23-13-9-14(27(25,26)21-17(2)6-7-17)11(18)8-12(13)22(3)16(23)24/h4-5,8-9H,6-7H2,1-3H3/q-1. The van der Waals surface area contributed by atoms with E-state index in [1.54, 1.807) is 26.0 Å². The summed E-state index contributed by atoms with van der Waals surface area (Å²) in [4.78, 5) is 12.1. The van der Waals surface area contributed by atoms with Gasteiger partial charge >= 0.3 is 5.69 Å². The first-order chi connectivity index (χ1) is 12.6. The highest BCUT2D eigenvalue weighted by molar-refractivity contribution is 7.94. The maximum atomic E-state index is 14.6. The summed E-state index contributed by atoms with van der Waals surface area (Å²) in [5.74, 6) is -0.726. The molecule has 0 N–H and O–H groups in total. The monoisotopic (exact) mass is 390 g/mol. The van der Waals surface area contributed by atoms with Gasteiger partial charge in [-0.15, -0.1) is 10.6 Å². The summed E-state index contributed by atoms with van der Waals surface area (Å²) in [6.45, 7) is 3.46. The van der Waals surface area contributed by atoms with E-state index in [0.29, 0.717) is 18.5 Å². The Bertz CT molecular complexity index is 1220. The predicted molar refractivity (Wildman–Crippen MR) is 97.0 cm³/mol. The molecule has 1 aliphatic rings. The fraction of sp³-hybridized carbons (Fsp3) is 0.353. The number of nitrogens with zero attached hydrogens (tertiary/aromatic N) is 5. The molecule has 142 valence electrons. The van der Waals surface area contributed by atoms with Crippen molar-refractivity contribution in [2.24, 2.45) is 7.05 Å². The van der Waals surface area contributed by atoms with Crippen molar-refractivity contribution in [3.8, 4) is 5.82 Å². The SMILES string of the molecule is Cc1ccc(-n2c(=O)n(C)c3cc(F)c(S(=O)(=O)[N-]C4(C)CC4)cc32)nn1. The topological polar surface area (TPSA) is 101 Å². The molecule has 10 heteroatoms. The van der Waals surface area contributed by atoms with Gasteiger partial charge in [-0.25, -0.2) is 22.2 Å². The normalized spacial score (nSPS) is 16.0. The average Bonchev–Trinajstić information content (AvgIpc) is 3.26. The largest absolute Gasteiger partial charge is 0.539 e. The van der Waals surface area contributed by atoms with Gasteiger partial charge < -0.3 is 4.72 Å². The molecule has 0 amide bonds. The van der Waals surface area contributed by atoms with Crippen LogP contribution >= 0.6 is 0 Å². The number of aromatic nitrogens is 4. The Morgan fingerprint density at radius 2 is 1.89 bits per heavy atom. The molecular weight excluding hydrogens is 373 g/mol. The van der Waals surface area contributed by atoms with Crippen molar-refractivity contribution in [1.82, 2.24) is 19.3 Å². The Hall–Kier alpha value is -2.59. The summed E-state index contributed by atoms with van der Waals surface area (Å²) >= 11 is 0. The fourth-order valence-corrected chi connectivity index (χ4v) is 4.30. The van der Waals surface area contributed by atoms with Crippen LogP contribution in [-0.4, -0.2) is 33.3 Å². The van der Waals surface area contributed by atoms with Crippen LogP contribution in [0.1, 0.15) is 25.5 Å². The number of hydrogen-bond acceptors (Lipinski definition) is 5. The van der Waals surface area contributed by atoms with Crippen molar-refractivity contribution in [2.45, 2.75) is 37.1 Å². The molecule has 0 unspecified atom stereocenters. The zero-order valence-corrected chi connectivity index (χ0v) is 15.8. The minimum Gasteiger partial charge on any atom is -0.539 e. The van der Waals surface area contributed by atoms with Gasteiger partial charge in [0.1, 0.15) is 15.8 Å². The van der Waals surface area contributed by atoms with E-state index in [2.05, 4.69) is 14.9 Å². The van der Waals surface area contributed by atoms with Gasteiger partial charge in [0, 0.05) is 13.1 Å². The van der Waals surface area contributed by atoms with Crippen LogP contribution in [-0.2, 0) is 17.1 Å². The summed E-state index contributed by atoms with van der Waals surface area (Å²) < 4.78 is 46.1. The Labute approximate surface area is 154 Å². The van der Waals surface area contributed by atoms with Crippen LogP contribution in [0.5, 0.6) is 0 Å². The van der Waals surface area contributed by atoms with Crippen LogP contribution < -0.4 is 5.69 Å². The van der Waals surface area contributed by atoms with E-state index in [0.717, 1.165) is 12.1 Å². The van der Waals surface area contributed by atoms with Crippen molar-refractivity contribution in [2.75, 3.05) is 0 Å². The van der Waals surface area contributed by atoms with Crippen molar-refractivity contribution in [1.29, 1.82) is 0 Å². The Morgan fingerprint density at radius 3 is 2.48 bits per heavy atom. The maximum Gasteiger partial charge on any atom is 0.334 e. The van der Waals surface area contributed by atoms with Crippen molar-refractivity contribution < 1.29 is 12.8 Å². The molecule has 1 saturated carbocycles. The van der Waals surface area contributed by atoms with Crippen molar-refractivity contribution in [3.05, 3.63) is 51.0 Å². The van der Waals surface area contributed by atoms with Gasteiger partial charge in [-0.3, -0.25) is 4.57 Å². The molecule has 1 fully saturated rings. The van der Waals surface area contributed by atoms with E-state index in [1.807, 2.05) is 0 Å². The third kappa shape index (κ3) is 2.94. The molecule has 1 aromatic carbocycles. The second-order valence-corrected chi connectivity index (χ2v) is 8.62. The number of aryl methyl sites for hydroxylation is 2. The predicted octanol–water partition coefficient (Wildman–Crippen LogP) is 2.18. The molecular formula is C17H17FN5O3S-. The minimum atomic E-state index is -4.20. The highest BCUT2D eigenvalue weighted by Gasteiger charge is 2.31. The third-order valence-electron chi connectivity index (χ3n) is 4.71. The highest BCUT2D eigenvalue weighted by atomic mass is 32.2. The van der Waals surface area contributed by atoms with Crippen LogP contribution in [0.15, 0.2) is 34.0 Å². The molecule has 8 nitrogen and oxygen atoms in total. The van der Waals surface area contributed by atoms with E-state index < -0.39 is 32.0 Å². The number of hydrogen-bond donors (Lipinski definition) is 0. The molecule has 0 saturated heterocycles. The molecule has 0 spiro atoms. The maximum absolute atomic E-state index is 14.6. The van der Waals surface area contributed by atoms with Crippen LogP contribution in [0, 0.1) is 12.7 Å². The smallest absolute Gasteiger partial charge is 0.334 e. The van der Waals surface area contributed by atoms with E-state index in [4.69, 9.17) is 0 Å². The van der Waals surface area contributed by atoms with Crippen LogP contribution in [0.4, 0.5) is 4.39 Å². The molecule has 0 aliphatic heterocycles. The molecule has 27 heavy (non-hydrogen) atoms. The zero-order valence-electron chi connectivity index (χ0n) is 15.0. The van der Waals surface area contributed by atoms with Gasteiger partial charge in [0.05, 0.1) is 21.6 Å². The lowest BCUT2D eigenvalue weighted by atomic mass is 10.3. The summed E-state index contributed by atoms with van der Waals surface area (Å²) in [5.41, 5.74) is -0.0202. The van der Waals surface area contributed by atoms with Crippen LogP contribution in [0.25, 0.3) is 21.6 Å². The number of imidazole rings is 1. The lowest BCUT2D eigenvalue weighted by molar-refractivity contribution is 0.569. The van der Waals surface area contributed by atoms with E-state index in [1.165, 1.54) is 16.2 Å². The molecule has 4 rings (SSSR count). The van der Waals surface area contributed by atoms with Gasteiger partial charge in [0.15, 0.2) is 5.82 Å². The second kappa shape index (κ2) is 5.70. The third-order valence-corrected chi connectivity index (χ3v) is 6.26. The minimum absolute atomic E-state index is 0.219. The quantitative estimate of drug-likeness (QED) is 0.680.